The van der Waals surface area contributed by atoms with Crippen molar-refractivity contribution >= 4 is 11.8 Å². The van der Waals surface area contributed by atoms with E-state index in [0.29, 0.717) is 38.2 Å². The van der Waals surface area contributed by atoms with Gasteiger partial charge in [0.15, 0.2) is 0 Å². The van der Waals surface area contributed by atoms with Crippen LogP contribution in [0, 0.1) is 11.8 Å². The fourth-order valence-electron chi connectivity index (χ4n) is 2.36. The highest BCUT2D eigenvalue weighted by Crippen LogP contribution is 2.34. The largest absolute Gasteiger partial charge is 0.465 e. The van der Waals surface area contributed by atoms with Crippen molar-refractivity contribution in [3.05, 3.63) is 24.8 Å². The van der Waals surface area contributed by atoms with E-state index >= 15 is 0 Å². The monoisotopic (exact) mass is 250 g/mol. The molecule has 0 saturated heterocycles. The van der Waals surface area contributed by atoms with Crippen molar-refractivity contribution in [1.29, 1.82) is 0 Å². The van der Waals surface area contributed by atoms with Crippen molar-refractivity contribution in [1.82, 2.24) is 0 Å². The molecule has 0 bridgehead atoms. The van der Waals surface area contributed by atoms with E-state index in [9.17, 15) is 9.59 Å². The van der Waals surface area contributed by atoms with Crippen molar-refractivity contribution in [2.24, 2.45) is 11.8 Å². The summed E-state index contributed by atoms with van der Waals surface area (Å²) >= 11 is 0. The van der Waals surface area contributed by atoms with Crippen LogP contribution in [0.5, 0.6) is 0 Å². The summed E-state index contributed by atoms with van der Waals surface area (Å²) in [6, 6.07) is 0. The summed E-state index contributed by atoms with van der Waals surface area (Å²) in [5, 5.41) is 0. The Morgan fingerprint density at radius 2 is 2.17 bits per heavy atom. The fraction of sp³-hybridized carbons (Fsp3) is 0.600. The number of ether oxygens (including phenoxy) is 1. The first-order valence-electron chi connectivity index (χ1n) is 6.56. The summed E-state index contributed by atoms with van der Waals surface area (Å²) in [5.74, 6) is 0.543. The van der Waals surface area contributed by atoms with Gasteiger partial charge in [-0.15, -0.1) is 6.58 Å². The van der Waals surface area contributed by atoms with E-state index in [1.165, 1.54) is 0 Å². The number of Topliss-reactive ketones (excluding diaryl/α,β-unsaturated/α-hetero) is 1. The second kappa shape index (κ2) is 7.85. The predicted octanol–water partition coefficient (Wildman–Crippen LogP) is 3.06. The van der Waals surface area contributed by atoms with Crippen LogP contribution in [0.2, 0.25) is 0 Å². The van der Waals surface area contributed by atoms with Crippen LogP contribution in [-0.4, -0.2) is 18.4 Å². The number of carbonyl (C=O) groups excluding carboxylic acids is 2. The topological polar surface area (TPSA) is 43.4 Å². The number of rotatable bonds is 7. The van der Waals surface area contributed by atoms with Crippen LogP contribution in [0.25, 0.3) is 0 Å². The maximum atomic E-state index is 11.6. The van der Waals surface area contributed by atoms with Crippen LogP contribution in [0.4, 0.5) is 0 Å². The van der Waals surface area contributed by atoms with Gasteiger partial charge in [0.05, 0.1) is 6.61 Å². The van der Waals surface area contributed by atoms with Gasteiger partial charge in [-0.25, -0.2) is 0 Å². The summed E-state index contributed by atoms with van der Waals surface area (Å²) in [4.78, 5) is 23.1. The third kappa shape index (κ3) is 4.86. The molecule has 0 aliphatic heterocycles. The molecule has 1 rings (SSSR count). The molecule has 1 fully saturated rings. The highest BCUT2D eigenvalue weighted by atomic mass is 16.5. The maximum Gasteiger partial charge on any atom is 0.306 e. The lowest BCUT2D eigenvalue weighted by Gasteiger charge is -2.16. The Labute approximate surface area is 109 Å². The van der Waals surface area contributed by atoms with Crippen LogP contribution < -0.4 is 0 Å². The molecular formula is C15H22O3. The zero-order valence-corrected chi connectivity index (χ0v) is 11.1. The second-order valence-corrected chi connectivity index (χ2v) is 4.77. The van der Waals surface area contributed by atoms with Gasteiger partial charge in [-0.2, -0.15) is 0 Å². The fourth-order valence-corrected chi connectivity index (χ4v) is 2.36. The molecule has 1 aliphatic rings. The predicted molar refractivity (Wildman–Crippen MR) is 71.0 cm³/mol. The quantitative estimate of drug-likeness (QED) is 0.396. The van der Waals surface area contributed by atoms with E-state index in [1.54, 1.807) is 6.08 Å². The van der Waals surface area contributed by atoms with Gasteiger partial charge >= 0.3 is 5.97 Å². The molecule has 0 N–H and O–H groups in total. The van der Waals surface area contributed by atoms with Gasteiger partial charge in [-0.05, 0) is 31.6 Å². The highest BCUT2D eigenvalue weighted by molar-refractivity contribution is 5.82. The average Bonchev–Trinajstić information content (AvgIpc) is 2.67. The zero-order valence-electron chi connectivity index (χ0n) is 11.1. The summed E-state index contributed by atoms with van der Waals surface area (Å²) < 4.78 is 5.09. The molecule has 1 aliphatic carbocycles. The van der Waals surface area contributed by atoms with Gasteiger partial charge < -0.3 is 4.74 Å². The van der Waals surface area contributed by atoms with Crippen molar-refractivity contribution in [2.45, 2.75) is 39.0 Å². The molecular weight excluding hydrogens is 228 g/mol. The molecule has 3 heteroatoms. The van der Waals surface area contributed by atoms with Crippen molar-refractivity contribution in [3.8, 4) is 0 Å². The lowest BCUT2D eigenvalue weighted by atomic mass is 9.90. The summed E-state index contributed by atoms with van der Waals surface area (Å²) in [6.45, 7) is 5.93. The Kier molecular flexibility index (Phi) is 6.40. The molecule has 0 aromatic carbocycles. The minimum Gasteiger partial charge on any atom is -0.465 e. The van der Waals surface area contributed by atoms with E-state index < -0.39 is 0 Å². The molecule has 0 aromatic heterocycles. The summed E-state index contributed by atoms with van der Waals surface area (Å²) in [5.41, 5.74) is 0. The van der Waals surface area contributed by atoms with Crippen LogP contribution in [0.1, 0.15) is 39.0 Å². The van der Waals surface area contributed by atoms with Gasteiger partial charge in [-0.1, -0.05) is 18.2 Å². The van der Waals surface area contributed by atoms with Crippen molar-refractivity contribution < 1.29 is 14.3 Å². The Morgan fingerprint density at radius 1 is 1.44 bits per heavy atom. The standard InChI is InChI=1S/C15H22O3/c1-3-5-7-12-9-14(16)10-13(12)11-15(17)18-8-6-4-2/h3-5,12-13H,2,6-11H2,1H3. The smallest absolute Gasteiger partial charge is 0.306 e. The minimum absolute atomic E-state index is 0.157. The Hall–Kier alpha value is -1.38. The number of esters is 1. The van der Waals surface area contributed by atoms with Crippen LogP contribution in [0.3, 0.4) is 0 Å². The van der Waals surface area contributed by atoms with Gasteiger partial charge in [0.1, 0.15) is 5.78 Å². The van der Waals surface area contributed by atoms with Crippen molar-refractivity contribution in [2.75, 3.05) is 6.61 Å². The molecule has 2 unspecified atom stereocenters. The molecule has 2 atom stereocenters. The lowest BCUT2D eigenvalue weighted by molar-refractivity contribution is -0.144. The van der Waals surface area contributed by atoms with E-state index in [1.807, 2.05) is 13.0 Å². The Morgan fingerprint density at radius 3 is 2.83 bits per heavy atom. The highest BCUT2D eigenvalue weighted by Gasteiger charge is 2.33. The Bertz CT molecular complexity index is 331. The van der Waals surface area contributed by atoms with Gasteiger partial charge in [-0.3, -0.25) is 9.59 Å². The van der Waals surface area contributed by atoms with E-state index in [-0.39, 0.29) is 17.7 Å². The number of ketones is 1. The third-order valence-electron chi connectivity index (χ3n) is 3.33. The SMILES string of the molecule is C=CCCOC(=O)CC1CC(=O)CC1CC=CC. The molecule has 0 spiro atoms. The van der Waals surface area contributed by atoms with Gasteiger partial charge in [0.2, 0.25) is 0 Å². The van der Waals surface area contributed by atoms with E-state index in [4.69, 9.17) is 4.74 Å². The van der Waals surface area contributed by atoms with Gasteiger partial charge in [0.25, 0.3) is 0 Å². The van der Waals surface area contributed by atoms with Crippen LogP contribution in [0.15, 0.2) is 24.8 Å². The maximum absolute atomic E-state index is 11.6. The molecule has 0 heterocycles. The lowest BCUT2D eigenvalue weighted by Crippen LogP contribution is -2.15. The third-order valence-corrected chi connectivity index (χ3v) is 3.33. The summed E-state index contributed by atoms with van der Waals surface area (Å²) in [6.07, 6.45) is 8.84. The molecule has 100 valence electrons. The average molecular weight is 250 g/mol. The molecule has 0 amide bonds. The Balaban J connectivity index is 2.40. The number of hydrogen-bond donors (Lipinski definition) is 0. The molecule has 3 nitrogen and oxygen atoms in total. The molecule has 0 aromatic rings. The van der Waals surface area contributed by atoms with E-state index in [0.717, 1.165) is 6.42 Å². The van der Waals surface area contributed by atoms with Crippen molar-refractivity contribution in [3.63, 3.8) is 0 Å². The molecule has 1 saturated carbocycles. The normalized spacial score (nSPS) is 23.5. The first kappa shape index (κ1) is 14.7. The van der Waals surface area contributed by atoms with Gasteiger partial charge in [0, 0.05) is 19.3 Å². The van der Waals surface area contributed by atoms with Crippen LogP contribution >= 0.6 is 0 Å². The molecule has 0 radical (unpaired) electrons. The number of hydrogen-bond acceptors (Lipinski definition) is 3. The zero-order chi connectivity index (χ0) is 13.4. The van der Waals surface area contributed by atoms with Crippen LogP contribution in [-0.2, 0) is 14.3 Å². The minimum atomic E-state index is -0.193. The first-order chi connectivity index (χ1) is 8.67. The number of allylic oxidation sites excluding steroid dienone is 2. The summed E-state index contributed by atoms with van der Waals surface area (Å²) in [7, 11) is 0. The molecule has 18 heavy (non-hydrogen) atoms. The first-order valence-corrected chi connectivity index (χ1v) is 6.56. The number of carbonyl (C=O) groups is 2. The second-order valence-electron chi connectivity index (χ2n) is 4.77. The van der Waals surface area contributed by atoms with E-state index in [2.05, 4.69) is 12.7 Å².